The molecule has 3 aromatic rings. The average Bonchev–Trinajstić information content (AvgIpc) is 2.84. The highest BCUT2D eigenvalue weighted by molar-refractivity contribution is 5.98. The summed E-state index contributed by atoms with van der Waals surface area (Å²) in [7, 11) is 0. The third kappa shape index (κ3) is 5.62. The molecule has 1 aromatic heterocycles. The molecule has 0 atom stereocenters. The lowest BCUT2D eigenvalue weighted by Gasteiger charge is -2.27. The maximum Gasteiger partial charge on any atom is 0.253 e. The van der Waals surface area contributed by atoms with Crippen molar-refractivity contribution in [2.24, 2.45) is 0 Å². The van der Waals surface area contributed by atoms with Crippen molar-refractivity contribution >= 4 is 28.4 Å². The van der Waals surface area contributed by atoms with E-state index in [0.29, 0.717) is 86.0 Å². The summed E-state index contributed by atoms with van der Waals surface area (Å²) in [6, 6.07) is 8.00. The first kappa shape index (κ1) is 24.7. The predicted molar refractivity (Wildman–Crippen MR) is 131 cm³/mol. The lowest BCUT2D eigenvalue weighted by Crippen LogP contribution is -2.36. The molecular formula is C26H29F2N3O4. The normalized spacial score (nSPS) is 13.8. The number of carbonyl (C=O) groups is 1. The molecule has 1 fully saturated rings. The molecule has 9 heteroatoms. The van der Waals surface area contributed by atoms with Crippen molar-refractivity contribution in [3.8, 4) is 0 Å². The van der Waals surface area contributed by atoms with Crippen LogP contribution in [0.2, 0.25) is 0 Å². The number of hydrogen-bond acceptors (Lipinski definition) is 6. The molecule has 1 aliphatic heterocycles. The van der Waals surface area contributed by atoms with E-state index in [1.807, 2.05) is 18.7 Å². The SMILES string of the molecule is CCN(CC)C(=O)c1cc(CCNc2cc(F)cc(F)c2)c2oc(N3CCOCC3)cc(=O)c2c1. The van der Waals surface area contributed by atoms with Gasteiger partial charge in [-0.05, 0) is 50.1 Å². The van der Waals surface area contributed by atoms with Gasteiger partial charge in [-0.1, -0.05) is 0 Å². The van der Waals surface area contributed by atoms with E-state index in [-0.39, 0.29) is 11.3 Å². The predicted octanol–water partition coefficient (Wildman–Crippen LogP) is 4.04. The fourth-order valence-electron chi connectivity index (χ4n) is 4.26. The van der Waals surface area contributed by atoms with Gasteiger partial charge in [0, 0.05) is 56.1 Å². The number of nitrogens with one attached hydrogen (secondary N) is 1. The highest BCUT2D eigenvalue weighted by Gasteiger charge is 2.20. The zero-order chi connectivity index (χ0) is 24.9. The summed E-state index contributed by atoms with van der Waals surface area (Å²) in [5.41, 5.74) is 1.54. The fourth-order valence-corrected chi connectivity index (χ4v) is 4.26. The minimum absolute atomic E-state index is 0.171. The van der Waals surface area contributed by atoms with Gasteiger partial charge >= 0.3 is 0 Å². The number of anilines is 2. The Morgan fingerprint density at radius 1 is 1.03 bits per heavy atom. The lowest BCUT2D eigenvalue weighted by molar-refractivity contribution is 0.0773. The fraction of sp³-hybridized carbons (Fsp3) is 0.385. The molecule has 2 aromatic carbocycles. The van der Waals surface area contributed by atoms with Gasteiger partial charge in [0.2, 0.25) is 0 Å². The molecule has 0 aliphatic carbocycles. The molecule has 1 saturated heterocycles. The van der Waals surface area contributed by atoms with Crippen molar-refractivity contribution in [3.63, 3.8) is 0 Å². The van der Waals surface area contributed by atoms with Gasteiger partial charge in [-0.3, -0.25) is 9.59 Å². The first-order valence-corrected chi connectivity index (χ1v) is 11.8. The molecule has 0 radical (unpaired) electrons. The number of morpholine rings is 1. The van der Waals surface area contributed by atoms with Crippen LogP contribution in [-0.4, -0.2) is 56.7 Å². The number of fused-ring (bicyclic) bond motifs is 1. The number of ether oxygens (including phenoxy) is 1. The Labute approximate surface area is 202 Å². The maximum atomic E-state index is 13.6. The van der Waals surface area contributed by atoms with Crippen molar-refractivity contribution in [1.82, 2.24) is 4.90 Å². The van der Waals surface area contributed by atoms with Crippen LogP contribution in [-0.2, 0) is 11.2 Å². The van der Waals surface area contributed by atoms with Gasteiger partial charge in [0.05, 0.1) is 18.6 Å². The topological polar surface area (TPSA) is 75.0 Å². The number of hydrogen-bond donors (Lipinski definition) is 1. The molecule has 0 saturated carbocycles. The smallest absolute Gasteiger partial charge is 0.253 e. The second-order valence-corrected chi connectivity index (χ2v) is 8.37. The number of benzene rings is 2. The minimum atomic E-state index is -0.675. The number of halogens is 2. The van der Waals surface area contributed by atoms with Crippen LogP contribution >= 0.6 is 0 Å². The number of amides is 1. The molecule has 0 bridgehead atoms. The Morgan fingerprint density at radius 2 is 1.71 bits per heavy atom. The molecule has 1 amide bonds. The van der Waals surface area contributed by atoms with Gasteiger partial charge in [0.15, 0.2) is 11.3 Å². The van der Waals surface area contributed by atoms with E-state index in [2.05, 4.69) is 5.32 Å². The summed E-state index contributed by atoms with van der Waals surface area (Å²) < 4.78 is 38.7. The molecule has 4 rings (SSSR count). The summed E-state index contributed by atoms with van der Waals surface area (Å²) in [6.45, 7) is 7.49. The molecular weight excluding hydrogens is 456 g/mol. The van der Waals surface area contributed by atoms with Crippen LogP contribution in [0.1, 0.15) is 29.8 Å². The van der Waals surface area contributed by atoms with Gasteiger partial charge in [-0.2, -0.15) is 0 Å². The molecule has 7 nitrogen and oxygen atoms in total. The molecule has 0 spiro atoms. The zero-order valence-corrected chi connectivity index (χ0v) is 19.9. The van der Waals surface area contributed by atoms with Crippen LogP contribution in [0.4, 0.5) is 20.4 Å². The summed E-state index contributed by atoms with van der Waals surface area (Å²) in [5.74, 6) is -1.07. The van der Waals surface area contributed by atoms with Gasteiger partial charge in [0.25, 0.3) is 5.91 Å². The van der Waals surface area contributed by atoms with Crippen LogP contribution in [0.25, 0.3) is 11.0 Å². The van der Waals surface area contributed by atoms with E-state index in [0.717, 1.165) is 6.07 Å². The third-order valence-corrected chi connectivity index (χ3v) is 6.10. The van der Waals surface area contributed by atoms with Crippen molar-refractivity contribution in [2.45, 2.75) is 20.3 Å². The van der Waals surface area contributed by atoms with E-state index < -0.39 is 11.6 Å². The first-order chi connectivity index (χ1) is 16.9. The lowest BCUT2D eigenvalue weighted by atomic mass is 10.0. The number of carbonyl (C=O) groups excluding carboxylic acids is 1. The Morgan fingerprint density at radius 3 is 2.37 bits per heavy atom. The summed E-state index contributed by atoms with van der Waals surface area (Å²) in [5, 5.41) is 3.33. The van der Waals surface area contributed by atoms with Crippen LogP contribution in [0.3, 0.4) is 0 Å². The van der Waals surface area contributed by atoms with Gasteiger partial charge in [-0.25, -0.2) is 8.78 Å². The van der Waals surface area contributed by atoms with E-state index in [9.17, 15) is 18.4 Å². The molecule has 1 N–H and O–H groups in total. The molecule has 2 heterocycles. The molecule has 1 aliphatic rings. The molecule has 0 unspecified atom stereocenters. The van der Waals surface area contributed by atoms with Gasteiger partial charge in [0.1, 0.15) is 17.2 Å². The van der Waals surface area contributed by atoms with Crippen molar-refractivity contribution in [3.05, 3.63) is 69.4 Å². The van der Waals surface area contributed by atoms with E-state index >= 15 is 0 Å². The van der Waals surface area contributed by atoms with Crippen molar-refractivity contribution in [1.29, 1.82) is 0 Å². The monoisotopic (exact) mass is 485 g/mol. The Hall–Kier alpha value is -3.46. The second-order valence-electron chi connectivity index (χ2n) is 8.37. The minimum Gasteiger partial charge on any atom is -0.440 e. The Bertz CT molecular complexity index is 1250. The summed E-state index contributed by atoms with van der Waals surface area (Å²) in [6.07, 6.45) is 0.365. The standard InChI is InChI=1S/C26H29F2N3O4/c1-3-30(4-2)26(33)18-11-17(5-6-29-21-14-19(27)13-20(28)15-21)25-22(12-18)23(32)16-24(35-25)31-7-9-34-10-8-31/h11-16,29H,3-10H2,1-2H3. The van der Waals surface area contributed by atoms with E-state index in [4.69, 9.17) is 9.15 Å². The highest BCUT2D eigenvalue weighted by Crippen LogP contribution is 2.26. The second kappa shape index (κ2) is 10.9. The van der Waals surface area contributed by atoms with Gasteiger partial charge < -0.3 is 24.3 Å². The van der Waals surface area contributed by atoms with Crippen LogP contribution in [0, 0.1) is 11.6 Å². The van der Waals surface area contributed by atoms with Crippen LogP contribution in [0.5, 0.6) is 0 Å². The summed E-state index contributed by atoms with van der Waals surface area (Å²) in [4.78, 5) is 29.8. The molecule has 35 heavy (non-hydrogen) atoms. The third-order valence-electron chi connectivity index (χ3n) is 6.10. The molecule has 186 valence electrons. The zero-order valence-electron chi connectivity index (χ0n) is 19.9. The number of nitrogens with zero attached hydrogens (tertiary/aromatic N) is 2. The van der Waals surface area contributed by atoms with Crippen molar-refractivity contribution in [2.75, 3.05) is 56.2 Å². The first-order valence-electron chi connectivity index (χ1n) is 11.8. The van der Waals surface area contributed by atoms with Gasteiger partial charge in [-0.15, -0.1) is 0 Å². The average molecular weight is 486 g/mol. The summed E-state index contributed by atoms with van der Waals surface area (Å²) >= 11 is 0. The van der Waals surface area contributed by atoms with E-state index in [1.165, 1.54) is 18.2 Å². The van der Waals surface area contributed by atoms with Crippen molar-refractivity contribution < 1.29 is 22.7 Å². The van der Waals surface area contributed by atoms with E-state index in [1.54, 1.807) is 17.0 Å². The van der Waals surface area contributed by atoms with Crippen LogP contribution < -0.4 is 15.6 Å². The number of rotatable bonds is 8. The Balaban J connectivity index is 1.72. The quantitative estimate of drug-likeness (QED) is 0.519. The largest absolute Gasteiger partial charge is 0.440 e. The Kier molecular flexibility index (Phi) is 7.65. The van der Waals surface area contributed by atoms with Crippen LogP contribution in [0.15, 0.2) is 45.6 Å². The highest BCUT2D eigenvalue weighted by atomic mass is 19.1. The maximum absolute atomic E-state index is 13.6.